The molecule has 1 unspecified atom stereocenters. The van der Waals surface area contributed by atoms with Crippen LogP contribution in [0.3, 0.4) is 0 Å². The number of carbonyl (C=O) groups is 1. The lowest BCUT2D eigenvalue weighted by Gasteiger charge is -2.17. The average molecular weight is 432 g/mol. The zero-order chi connectivity index (χ0) is 21.2. The molecule has 31 heavy (non-hydrogen) atoms. The first kappa shape index (κ1) is 19.9. The van der Waals surface area contributed by atoms with Gasteiger partial charge in [-0.2, -0.15) is 5.10 Å². The molecule has 5 rings (SSSR count). The Balaban J connectivity index is 1.36. The second-order valence-corrected chi connectivity index (χ2v) is 8.86. The Morgan fingerprint density at radius 3 is 2.87 bits per heavy atom. The second-order valence-electron chi connectivity index (χ2n) is 7.91. The van der Waals surface area contributed by atoms with Crippen molar-refractivity contribution in [2.75, 3.05) is 13.1 Å². The molecule has 1 saturated heterocycles. The van der Waals surface area contributed by atoms with Crippen molar-refractivity contribution in [1.29, 1.82) is 0 Å². The molecule has 1 fully saturated rings. The average Bonchev–Trinajstić information content (AvgIpc) is 3.55. The van der Waals surface area contributed by atoms with Gasteiger partial charge >= 0.3 is 0 Å². The van der Waals surface area contributed by atoms with Crippen LogP contribution in [-0.2, 0) is 13.1 Å². The molecule has 0 saturated carbocycles. The maximum Gasteiger partial charge on any atom is 0.252 e. The van der Waals surface area contributed by atoms with E-state index in [0.29, 0.717) is 12.1 Å². The van der Waals surface area contributed by atoms with Crippen molar-refractivity contribution in [3.05, 3.63) is 71.2 Å². The van der Waals surface area contributed by atoms with Crippen LogP contribution in [0.5, 0.6) is 0 Å². The number of pyridine rings is 1. The van der Waals surface area contributed by atoms with Crippen molar-refractivity contribution in [3.8, 4) is 10.6 Å². The first-order valence-electron chi connectivity index (χ1n) is 10.7. The van der Waals surface area contributed by atoms with E-state index >= 15 is 0 Å². The zero-order valence-electron chi connectivity index (χ0n) is 17.5. The standard InChI is InChI=1S/C24H25N5OS/c1-2-29-23-20(14-25-29)19(13-21(27-23)22-9-6-12-31-22)24(30)26-18-10-11-28(16-18)15-17-7-4-3-5-8-17/h3-9,12-14,18H,2,10-11,15-16H2,1H3,(H,26,30). The number of aryl methyl sites for hydroxylation is 1. The molecule has 1 aliphatic rings. The fourth-order valence-corrected chi connectivity index (χ4v) is 4.90. The van der Waals surface area contributed by atoms with E-state index in [0.717, 1.165) is 47.7 Å². The summed E-state index contributed by atoms with van der Waals surface area (Å²) in [4.78, 5) is 21.6. The molecule has 1 amide bonds. The fourth-order valence-electron chi connectivity index (χ4n) is 4.22. The number of nitrogens with zero attached hydrogens (tertiary/aromatic N) is 4. The van der Waals surface area contributed by atoms with Crippen LogP contribution in [-0.4, -0.2) is 44.7 Å². The van der Waals surface area contributed by atoms with E-state index in [4.69, 9.17) is 4.98 Å². The molecule has 1 atom stereocenters. The van der Waals surface area contributed by atoms with Crippen LogP contribution in [0.4, 0.5) is 0 Å². The SMILES string of the molecule is CCn1ncc2c(C(=O)NC3CCN(Cc4ccccc4)C3)cc(-c3cccs3)nc21. The minimum Gasteiger partial charge on any atom is -0.348 e. The zero-order valence-corrected chi connectivity index (χ0v) is 18.3. The Bertz CT molecular complexity index is 1190. The number of amides is 1. The molecule has 0 spiro atoms. The van der Waals surface area contributed by atoms with Gasteiger partial charge in [0.25, 0.3) is 5.91 Å². The van der Waals surface area contributed by atoms with Crippen LogP contribution in [0, 0.1) is 0 Å². The third kappa shape index (κ3) is 4.11. The molecule has 0 bridgehead atoms. The van der Waals surface area contributed by atoms with Crippen LogP contribution < -0.4 is 5.32 Å². The van der Waals surface area contributed by atoms with E-state index in [2.05, 4.69) is 39.6 Å². The molecule has 4 heterocycles. The summed E-state index contributed by atoms with van der Waals surface area (Å²) in [5, 5.41) is 10.5. The van der Waals surface area contributed by atoms with E-state index in [1.54, 1.807) is 17.5 Å². The number of thiophene rings is 1. The lowest BCUT2D eigenvalue weighted by molar-refractivity contribution is 0.0939. The molecule has 158 valence electrons. The minimum absolute atomic E-state index is 0.0487. The molecule has 4 aromatic rings. The van der Waals surface area contributed by atoms with Gasteiger partial charge in [-0.25, -0.2) is 9.67 Å². The van der Waals surface area contributed by atoms with E-state index in [9.17, 15) is 4.79 Å². The van der Waals surface area contributed by atoms with Crippen molar-refractivity contribution in [2.45, 2.75) is 32.5 Å². The van der Waals surface area contributed by atoms with Crippen molar-refractivity contribution < 1.29 is 4.79 Å². The van der Waals surface area contributed by atoms with Crippen molar-refractivity contribution in [2.24, 2.45) is 0 Å². The highest BCUT2D eigenvalue weighted by molar-refractivity contribution is 7.13. The monoisotopic (exact) mass is 431 g/mol. The van der Waals surface area contributed by atoms with Gasteiger partial charge in [0.1, 0.15) is 0 Å². The largest absolute Gasteiger partial charge is 0.348 e. The predicted octanol–water partition coefficient (Wildman–Crippen LogP) is 4.18. The van der Waals surface area contributed by atoms with Gasteiger partial charge in [0.05, 0.1) is 27.7 Å². The smallest absolute Gasteiger partial charge is 0.252 e. The molecule has 7 heteroatoms. The lowest BCUT2D eigenvalue weighted by Crippen LogP contribution is -2.37. The van der Waals surface area contributed by atoms with Crippen LogP contribution in [0.2, 0.25) is 0 Å². The maximum atomic E-state index is 13.3. The third-order valence-electron chi connectivity index (χ3n) is 5.78. The van der Waals surface area contributed by atoms with Gasteiger partial charge in [0.15, 0.2) is 5.65 Å². The van der Waals surface area contributed by atoms with Crippen molar-refractivity contribution in [1.82, 2.24) is 25.0 Å². The van der Waals surface area contributed by atoms with E-state index in [-0.39, 0.29) is 11.9 Å². The van der Waals surface area contributed by atoms with E-state index < -0.39 is 0 Å². The Labute approximate surface area is 185 Å². The summed E-state index contributed by atoms with van der Waals surface area (Å²) in [7, 11) is 0. The van der Waals surface area contributed by atoms with Gasteiger partial charge in [0.2, 0.25) is 0 Å². The predicted molar refractivity (Wildman–Crippen MR) is 124 cm³/mol. The number of hydrogen-bond donors (Lipinski definition) is 1. The van der Waals surface area contributed by atoms with Crippen molar-refractivity contribution in [3.63, 3.8) is 0 Å². The summed E-state index contributed by atoms with van der Waals surface area (Å²) in [6.45, 7) is 5.51. The fraction of sp³-hybridized carbons (Fsp3) is 0.292. The molecule has 1 aromatic carbocycles. The summed E-state index contributed by atoms with van der Waals surface area (Å²) in [5.41, 5.74) is 3.53. The maximum absolute atomic E-state index is 13.3. The van der Waals surface area contributed by atoms with Gasteiger partial charge in [-0.05, 0) is 36.4 Å². The molecule has 3 aromatic heterocycles. The molecular weight excluding hydrogens is 406 g/mol. The molecular formula is C24H25N5OS. The van der Waals surface area contributed by atoms with Gasteiger partial charge in [-0.1, -0.05) is 36.4 Å². The van der Waals surface area contributed by atoms with E-state index in [1.807, 2.05) is 41.3 Å². The van der Waals surface area contributed by atoms with Gasteiger partial charge < -0.3 is 5.32 Å². The summed E-state index contributed by atoms with van der Waals surface area (Å²) < 4.78 is 1.85. The highest BCUT2D eigenvalue weighted by Crippen LogP contribution is 2.28. The number of benzene rings is 1. The number of fused-ring (bicyclic) bond motifs is 1. The third-order valence-corrected chi connectivity index (χ3v) is 6.68. The van der Waals surface area contributed by atoms with Crippen molar-refractivity contribution >= 4 is 28.3 Å². The number of rotatable bonds is 6. The topological polar surface area (TPSA) is 63.1 Å². The van der Waals surface area contributed by atoms with Gasteiger partial charge in [-0.15, -0.1) is 11.3 Å². The first-order valence-corrected chi connectivity index (χ1v) is 11.6. The number of carbonyl (C=O) groups excluding carboxylic acids is 1. The summed E-state index contributed by atoms with van der Waals surface area (Å²) in [6.07, 6.45) is 2.72. The van der Waals surface area contributed by atoms with Crippen LogP contribution in [0.1, 0.15) is 29.3 Å². The highest BCUT2D eigenvalue weighted by atomic mass is 32.1. The molecule has 6 nitrogen and oxygen atoms in total. The van der Waals surface area contributed by atoms with Crippen LogP contribution in [0.25, 0.3) is 21.6 Å². The summed E-state index contributed by atoms with van der Waals surface area (Å²) in [6, 6.07) is 16.6. The Hall–Kier alpha value is -3.03. The van der Waals surface area contributed by atoms with Gasteiger partial charge in [-0.3, -0.25) is 9.69 Å². The first-order chi connectivity index (χ1) is 15.2. The quantitative estimate of drug-likeness (QED) is 0.497. The molecule has 0 radical (unpaired) electrons. The van der Waals surface area contributed by atoms with Gasteiger partial charge in [0, 0.05) is 32.2 Å². The number of likely N-dealkylation sites (tertiary alicyclic amines) is 1. The number of aromatic nitrogens is 3. The Morgan fingerprint density at radius 1 is 1.23 bits per heavy atom. The number of nitrogens with one attached hydrogen (secondary N) is 1. The molecule has 1 aliphatic heterocycles. The lowest BCUT2D eigenvalue weighted by atomic mass is 10.1. The van der Waals surface area contributed by atoms with Crippen LogP contribution >= 0.6 is 11.3 Å². The summed E-state index contributed by atoms with van der Waals surface area (Å²) in [5.74, 6) is -0.0487. The second kappa shape index (κ2) is 8.61. The minimum atomic E-state index is -0.0487. The Morgan fingerprint density at radius 2 is 2.10 bits per heavy atom. The Kier molecular flexibility index (Phi) is 5.53. The molecule has 1 N–H and O–H groups in total. The molecule has 0 aliphatic carbocycles. The number of hydrogen-bond acceptors (Lipinski definition) is 5. The normalized spacial score (nSPS) is 16.7. The van der Waals surface area contributed by atoms with Crippen LogP contribution in [0.15, 0.2) is 60.1 Å². The highest BCUT2D eigenvalue weighted by Gasteiger charge is 2.26. The van der Waals surface area contributed by atoms with E-state index in [1.165, 1.54) is 5.56 Å². The summed E-state index contributed by atoms with van der Waals surface area (Å²) >= 11 is 1.62.